The van der Waals surface area contributed by atoms with Gasteiger partial charge >= 0.3 is 8.32 Å². The standard InChI is InChI=1S/C24H29NOSi/c1-24(2,3)27(22-10-6-4-7-11-22,23-12-8-5-9-13-23)26-21-16-14-20(15-17-21)18-19-25/h4-17H,18-19,25H2,1-3H3. The smallest absolute Gasteiger partial charge is 0.319 e. The Kier molecular flexibility index (Phi) is 5.83. The molecule has 0 fully saturated rings. The van der Waals surface area contributed by atoms with Crippen LogP contribution in [0.25, 0.3) is 0 Å². The summed E-state index contributed by atoms with van der Waals surface area (Å²) in [6, 6.07) is 29.9. The third-order valence-corrected chi connectivity index (χ3v) is 9.99. The second kappa shape index (κ2) is 8.11. The minimum absolute atomic E-state index is 0.0361. The fourth-order valence-corrected chi connectivity index (χ4v) is 8.14. The van der Waals surface area contributed by atoms with E-state index in [9.17, 15) is 0 Å². The van der Waals surface area contributed by atoms with Crippen LogP contribution in [0.2, 0.25) is 5.04 Å². The van der Waals surface area contributed by atoms with Gasteiger partial charge < -0.3 is 10.2 Å². The van der Waals surface area contributed by atoms with E-state index in [4.69, 9.17) is 10.2 Å². The highest BCUT2D eigenvalue weighted by Crippen LogP contribution is 2.37. The number of benzene rings is 3. The average molecular weight is 376 g/mol. The predicted molar refractivity (Wildman–Crippen MR) is 117 cm³/mol. The summed E-state index contributed by atoms with van der Waals surface area (Å²) in [7, 11) is -2.55. The van der Waals surface area contributed by atoms with Crippen LogP contribution in [0.5, 0.6) is 5.75 Å². The van der Waals surface area contributed by atoms with Crippen molar-refractivity contribution in [3.8, 4) is 5.75 Å². The molecule has 0 atom stereocenters. The van der Waals surface area contributed by atoms with Crippen LogP contribution in [-0.4, -0.2) is 14.9 Å². The number of nitrogens with two attached hydrogens (primary N) is 1. The number of hydrogen-bond donors (Lipinski definition) is 1. The molecule has 0 aliphatic rings. The molecule has 2 N–H and O–H groups in total. The maximum atomic E-state index is 6.98. The summed E-state index contributed by atoms with van der Waals surface area (Å²) < 4.78 is 6.98. The van der Waals surface area contributed by atoms with Gasteiger partial charge in [-0.05, 0) is 46.1 Å². The second-order valence-corrected chi connectivity index (χ2v) is 12.2. The summed E-state index contributed by atoms with van der Waals surface area (Å²) in [5.41, 5.74) is 6.93. The van der Waals surface area contributed by atoms with Crippen molar-refractivity contribution in [1.82, 2.24) is 0 Å². The van der Waals surface area contributed by atoms with Gasteiger partial charge in [-0.15, -0.1) is 0 Å². The molecule has 0 aromatic heterocycles. The lowest BCUT2D eigenvalue weighted by molar-refractivity contribution is 0.508. The summed E-state index contributed by atoms with van der Waals surface area (Å²) in [5, 5.41) is 2.54. The van der Waals surface area contributed by atoms with Crippen LogP contribution >= 0.6 is 0 Å². The highest BCUT2D eigenvalue weighted by molar-refractivity contribution is 7.00. The lowest BCUT2D eigenvalue weighted by Crippen LogP contribution is -2.68. The molecule has 0 spiro atoms. The van der Waals surface area contributed by atoms with Crippen LogP contribution in [-0.2, 0) is 6.42 Å². The molecule has 27 heavy (non-hydrogen) atoms. The predicted octanol–water partition coefficient (Wildman–Crippen LogP) is 4.13. The van der Waals surface area contributed by atoms with E-state index in [-0.39, 0.29) is 5.04 Å². The van der Waals surface area contributed by atoms with Crippen molar-refractivity contribution in [3.05, 3.63) is 90.5 Å². The van der Waals surface area contributed by atoms with Gasteiger partial charge in [0.05, 0.1) is 0 Å². The molecule has 0 unspecified atom stereocenters. The van der Waals surface area contributed by atoms with Gasteiger partial charge in [0.15, 0.2) is 0 Å². The van der Waals surface area contributed by atoms with Crippen molar-refractivity contribution in [1.29, 1.82) is 0 Å². The fraction of sp³-hybridized carbons (Fsp3) is 0.250. The maximum Gasteiger partial charge on any atom is 0.319 e. The van der Waals surface area contributed by atoms with E-state index in [1.54, 1.807) is 0 Å². The third-order valence-electron chi connectivity index (χ3n) is 5.04. The molecule has 0 aliphatic heterocycles. The first-order valence-corrected chi connectivity index (χ1v) is 11.5. The molecule has 140 valence electrons. The van der Waals surface area contributed by atoms with Crippen LogP contribution in [0.1, 0.15) is 26.3 Å². The zero-order valence-electron chi connectivity index (χ0n) is 16.5. The minimum Gasteiger partial charge on any atom is -0.534 e. The molecular formula is C24H29NOSi. The number of hydrogen-bond acceptors (Lipinski definition) is 2. The lowest BCUT2D eigenvalue weighted by Gasteiger charge is -2.43. The highest BCUT2D eigenvalue weighted by atomic mass is 28.4. The van der Waals surface area contributed by atoms with Gasteiger partial charge in [0.25, 0.3) is 0 Å². The van der Waals surface area contributed by atoms with Crippen LogP contribution in [0, 0.1) is 0 Å². The SMILES string of the molecule is CC(C)(C)[Si](Oc1ccc(CCN)cc1)(c1ccccc1)c1ccccc1. The third kappa shape index (κ3) is 3.99. The summed E-state index contributed by atoms with van der Waals surface area (Å²) >= 11 is 0. The lowest BCUT2D eigenvalue weighted by atomic mass is 10.1. The zero-order valence-corrected chi connectivity index (χ0v) is 17.5. The van der Waals surface area contributed by atoms with Gasteiger partial charge in [-0.1, -0.05) is 93.6 Å². The molecule has 0 amide bonds. The van der Waals surface area contributed by atoms with Crippen LogP contribution in [0.3, 0.4) is 0 Å². The Bertz CT molecular complexity index is 800. The van der Waals surface area contributed by atoms with Crippen LogP contribution in [0.15, 0.2) is 84.9 Å². The van der Waals surface area contributed by atoms with E-state index in [1.807, 2.05) is 0 Å². The summed E-state index contributed by atoms with van der Waals surface area (Å²) in [6.07, 6.45) is 0.888. The summed E-state index contributed by atoms with van der Waals surface area (Å²) in [6.45, 7) is 7.54. The monoisotopic (exact) mass is 375 g/mol. The fourth-order valence-electron chi connectivity index (χ4n) is 3.72. The normalized spacial score (nSPS) is 12.0. The van der Waals surface area contributed by atoms with E-state index in [0.717, 1.165) is 12.2 Å². The molecule has 0 heterocycles. The Morgan fingerprint density at radius 3 is 1.63 bits per heavy atom. The molecular weight excluding hydrogens is 346 g/mol. The van der Waals surface area contributed by atoms with E-state index < -0.39 is 8.32 Å². The molecule has 3 aromatic carbocycles. The Hall–Kier alpha value is -2.36. The van der Waals surface area contributed by atoms with Gasteiger partial charge in [-0.3, -0.25) is 0 Å². The van der Waals surface area contributed by atoms with Gasteiger partial charge in [0.1, 0.15) is 5.75 Å². The van der Waals surface area contributed by atoms with Crippen LogP contribution in [0.4, 0.5) is 0 Å². The molecule has 0 bridgehead atoms. The Morgan fingerprint density at radius 2 is 1.22 bits per heavy atom. The molecule has 3 rings (SSSR count). The van der Waals surface area contributed by atoms with Gasteiger partial charge in [-0.2, -0.15) is 0 Å². The largest absolute Gasteiger partial charge is 0.534 e. The first-order chi connectivity index (χ1) is 13.0. The number of rotatable bonds is 6. The van der Waals surface area contributed by atoms with E-state index >= 15 is 0 Å². The topological polar surface area (TPSA) is 35.2 Å². The van der Waals surface area contributed by atoms with Gasteiger partial charge in [-0.25, -0.2) is 0 Å². The molecule has 0 saturated carbocycles. The Balaban J connectivity index is 2.14. The van der Waals surface area contributed by atoms with Crippen molar-refractivity contribution in [2.45, 2.75) is 32.2 Å². The molecule has 0 radical (unpaired) electrons. The average Bonchev–Trinajstić information content (AvgIpc) is 2.68. The summed E-state index contributed by atoms with van der Waals surface area (Å²) in [5.74, 6) is 0.921. The minimum atomic E-state index is -2.55. The van der Waals surface area contributed by atoms with Gasteiger partial charge in [0.2, 0.25) is 0 Å². The van der Waals surface area contributed by atoms with Crippen molar-refractivity contribution in [2.75, 3.05) is 6.54 Å². The summed E-state index contributed by atoms with van der Waals surface area (Å²) in [4.78, 5) is 0. The van der Waals surface area contributed by atoms with Crippen molar-refractivity contribution >= 4 is 18.7 Å². The second-order valence-electron chi connectivity index (χ2n) is 7.95. The highest BCUT2D eigenvalue weighted by Gasteiger charge is 2.52. The van der Waals surface area contributed by atoms with E-state index in [1.165, 1.54) is 15.9 Å². The van der Waals surface area contributed by atoms with Crippen LogP contribution < -0.4 is 20.5 Å². The quantitative estimate of drug-likeness (QED) is 0.658. The molecule has 3 aromatic rings. The Labute approximate surface area is 164 Å². The molecule has 2 nitrogen and oxygen atoms in total. The molecule has 0 aliphatic carbocycles. The van der Waals surface area contributed by atoms with Crippen molar-refractivity contribution in [3.63, 3.8) is 0 Å². The van der Waals surface area contributed by atoms with E-state index in [0.29, 0.717) is 6.54 Å². The molecule has 0 saturated heterocycles. The first-order valence-electron chi connectivity index (χ1n) is 9.56. The van der Waals surface area contributed by atoms with E-state index in [2.05, 4.69) is 106 Å². The van der Waals surface area contributed by atoms with Gasteiger partial charge in [0, 0.05) is 0 Å². The van der Waals surface area contributed by atoms with Crippen molar-refractivity contribution in [2.24, 2.45) is 5.73 Å². The zero-order chi connectivity index (χ0) is 19.3. The molecule has 3 heteroatoms. The first kappa shape index (κ1) is 19.4. The maximum absolute atomic E-state index is 6.98. The Morgan fingerprint density at radius 1 is 0.741 bits per heavy atom. The van der Waals surface area contributed by atoms with Crippen molar-refractivity contribution < 1.29 is 4.43 Å².